The highest BCUT2D eigenvalue weighted by Crippen LogP contribution is 2.31. The molecule has 0 spiro atoms. The topological polar surface area (TPSA) is 86.6 Å². The molecule has 0 aromatic heterocycles. The van der Waals surface area contributed by atoms with Crippen LogP contribution in [0.25, 0.3) is 0 Å². The number of amides is 1. The Kier molecular flexibility index (Phi) is 3.97. The van der Waals surface area contributed by atoms with Crippen molar-refractivity contribution in [2.24, 2.45) is 0 Å². The minimum atomic E-state index is -5.17. The molecule has 110 valence electrons. The molecule has 1 aromatic rings. The van der Waals surface area contributed by atoms with Crippen LogP contribution < -0.4 is 5.32 Å². The maximum absolute atomic E-state index is 12.8. The third kappa shape index (κ3) is 2.68. The van der Waals surface area contributed by atoms with Gasteiger partial charge in [-0.15, -0.1) is 0 Å². The summed E-state index contributed by atoms with van der Waals surface area (Å²) in [6.45, 7) is 1.68. The van der Waals surface area contributed by atoms with Gasteiger partial charge in [0.05, 0.1) is 0 Å². The average molecular weight is 291 g/mol. The fraction of sp³-hybridized carbons (Fsp3) is 0.333. The molecule has 0 saturated carbocycles. The van der Waals surface area contributed by atoms with Crippen molar-refractivity contribution in [1.29, 1.82) is 0 Å². The van der Waals surface area contributed by atoms with E-state index >= 15 is 0 Å². The summed E-state index contributed by atoms with van der Waals surface area (Å²) in [6, 6.07) is 3.71. The number of hydrogen-bond acceptors (Lipinski definition) is 3. The van der Waals surface area contributed by atoms with Gasteiger partial charge in [0.1, 0.15) is 5.75 Å². The number of nitrogens with one attached hydrogen (secondary N) is 1. The summed E-state index contributed by atoms with van der Waals surface area (Å²) in [7, 11) is 0. The molecule has 0 fully saturated rings. The number of carboxylic acid groups (broad SMARTS) is 1. The first-order valence-corrected chi connectivity index (χ1v) is 5.42. The van der Waals surface area contributed by atoms with Crippen molar-refractivity contribution in [1.82, 2.24) is 5.32 Å². The summed E-state index contributed by atoms with van der Waals surface area (Å²) in [6.07, 6.45) is -5.17. The zero-order valence-corrected chi connectivity index (χ0v) is 10.6. The molecule has 1 amide bonds. The van der Waals surface area contributed by atoms with Crippen LogP contribution in [-0.4, -0.2) is 33.8 Å². The van der Waals surface area contributed by atoms with Crippen LogP contribution in [0.3, 0.4) is 0 Å². The van der Waals surface area contributed by atoms with Gasteiger partial charge in [0, 0.05) is 11.1 Å². The normalized spacial score (nSPS) is 14.4. The number of alkyl halides is 3. The Morgan fingerprint density at radius 3 is 2.25 bits per heavy atom. The summed E-state index contributed by atoms with van der Waals surface area (Å²) in [5.74, 6) is -3.74. The molecule has 0 aliphatic carbocycles. The van der Waals surface area contributed by atoms with Gasteiger partial charge in [-0.25, -0.2) is 4.79 Å². The number of halogens is 3. The second-order valence-electron chi connectivity index (χ2n) is 4.33. The van der Waals surface area contributed by atoms with Crippen LogP contribution in [0.2, 0.25) is 0 Å². The van der Waals surface area contributed by atoms with Crippen LogP contribution in [-0.2, 0) is 4.79 Å². The summed E-state index contributed by atoms with van der Waals surface area (Å²) in [4.78, 5) is 22.6. The van der Waals surface area contributed by atoms with Crippen molar-refractivity contribution in [3.63, 3.8) is 0 Å². The van der Waals surface area contributed by atoms with E-state index in [0.29, 0.717) is 6.92 Å². The van der Waals surface area contributed by atoms with Crippen LogP contribution in [0, 0.1) is 6.92 Å². The smallest absolute Gasteiger partial charge is 0.422 e. The highest BCUT2D eigenvalue weighted by molar-refractivity contribution is 5.99. The fourth-order valence-corrected chi connectivity index (χ4v) is 1.41. The van der Waals surface area contributed by atoms with Crippen LogP contribution in [0.5, 0.6) is 5.75 Å². The number of carbonyl (C=O) groups excluding carboxylic acids is 1. The molecule has 3 N–H and O–H groups in total. The Morgan fingerprint density at radius 2 is 1.80 bits per heavy atom. The molecule has 0 bridgehead atoms. The number of phenols is 1. The van der Waals surface area contributed by atoms with Gasteiger partial charge >= 0.3 is 12.1 Å². The molecule has 0 aliphatic heterocycles. The van der Waals surface area contributed by atoms with Gasteiger partial charge in [0.15, 0.2) is 0 Å². The van der Waals surface area contributed by atoms with Gasteiger partial charge in [0.2, 0.25) is 5.54 Å². The van der Waals surface area contributed by atoms with Crippen molar-refractivity contribution in [3.05, 3.63) is 29.3 Å². The summed E-state index contributed by atoms with van der Waals surface area (Å²) < 4.78 is 38.3. The lowest BCUT2D eigenvalue weighted by Crippen LogP contribution is -2.61. The van der Waals surface area contributed by atoms with E-state index in [-0.39, 0.29) is 16.9 Å². The minimum Gasteiger partial charge on any atom is -0.508 e. The average Bonchev–Trinajstić information content (AvgIpc) is 2.30. The van der Waals surface area contributed by atoms with Gasteiger partial charge in [-0.3, -0.25) is 4.79 Å². The van der Waals surface area contributed by atoms with Gasteiger partial charge in [-0.1, -0.05) is 6.07 Å². The van der Waals surface area contributed by atoms with E-state index < -0.39 is 23.6 Å². The first-order chi connectivity index (χ1) is 9.00. The third-order valence-electron chi connectivity index (χ3n) is 2.91. The van der Waals surface area contributed by atoms with Crippen molar-refractivity contribution in [2.45, 2.75) is 25.6 Å². The number of aliphatic carboxylic acids is 1. The maximum Gasteiger partial charge on any atom is 0.422 e. The number of hydrogen-bond donors (Lipinski definition) is 3. The van der Waals surface area contributed by atoms with Gasteiger partial charge < -0.3 is 15.5 Å². The molecular weight excluding hydrogens is 279 g/mol. The predicted octanol–water partition coefficient (Wildman–Crippen LogP) is 1.84. The Balaban J connectivity index is 3.17. The Hall–Kier alpha value is -2.25. The minimum absolute atomic E-state index is 0.0555. The molecule has 0 aliphatic rings. The zero-order chi connectivity index (χ0) is 15.7. The maximum atomic E-state index is 12.8. The lowest BCUT2D eigenvalue weighted by atomic mass is 10.00. The number of carboxylic acids is 1. The van der Waals surface area contributed by atoms with Crippen molar-refractivity contribution < 1.29 is 33.0 Å². The third-order valence-corrected chi connectivity index (χ3v) is 2.91. The second kappa shape index (κ2) is 5.03. The second-order valence-corrected chi connectivity index (χ2v) is 4.33. The molecule has 20 heavy (non-hydrogen) atoms. The lowest BCUT2D eigenvalue weighted by Gasteiger charge is -2.28. The number of carbonyl (C=O) groups is 2. The largest absolute Gasteiger partial charge is 0.508 e. The van der Waals surface area contributed by atoms with Crippen molar-refractivity contribution >= 4 is 11.9 Å². The first-order valence-electron chi connectivity index (χ1n) is 5.42. The highest BCUT2D eigenvalue weighted by atomic mass is 19.4. The van der Waals surface area contributed by atoms with E-state index in [0.717, 1.165) is 0 Å². The van der Waals surface area contributed by atoms with E-state index in [2.05, 4.69) is 0 Å². The number of phenolic OH excluding ortho intramolecular Hbond substituents is 1. The number of aromatic hydroxyl groups is 1. The van der Waals surface area contributed by atoms with E-state index in [9.17, 15) is 27.9 Å². The molecule has 0 heterocycles. The van der Waals surface area contributed by atoms with Gasteiger partial charge in [-0.2, -0.15) is 13.2 Å². The van der Waals surface area contributed by atoms with E-state index in [1.807, 2.05) is 0 Å². The fourth-order valence-electron chi connectivity index (χ4n) is 1.41. The first kappa shape index (κ1) is 15.8. The Morgan fingerprint density at radius 1 is 1.25 bits per heavy atom. The molecule has 0 saturated heterocycles. The van der Waals surface area contributed by atoms with Crippen LogP contribution in [0.15, 0.2) is 18.2 Å². The Bertz CT molecular complexity index is 556. The van der Waals surface area contributed by atoms with E-state index in [1.54, 1.807) is 0 Å². The summed E-state index contributed by atoms with van der Waals surface area (Å²) in [5, 5.41) is 19.5. The molecule has 5 nitrogen and oxygen atoms in total. The van der Waals surface area contributed by atoms with Crippen LogP contribution >= 0.6 is 0 Å². The zero-order valence-electron chi connectivity index (χ0n) is 10.6. The van der Waals surface area contributed by atoms with E-state index in [4.69, 9.17) is 5.11 Å². The van der Waals surface area contributed by atoms with Crippen LogP contribution in [0.4, 0.5) is 13.2 Å². The van der Waals surface area contributed by atoms with Gasteiger partial charge in [0.25, 0.3) is 5.91 Å². The molecule has 1 unspecified atom stereocenters. The monoisotopic (exact) mass is 291 g/mol. The molecule has 0 radical (unpaired) electrons. The summed E-state index contributed by atoms with van der Waals surface area (Å²) in [5.41, 5.74) is -3.59. The highest BCUT2D eigenvalue weighted by Gasteiger charge is 2.58. The molecule has 1 atom stereocenters. The quantitative estimate of drug-likeness (QED) is 0.793. The van der Waals surface area contributed by atoms with Crippen molar-refractivity contribution in [2.75, 3.05) is 0 Å². The number of benzene rings is 1. The number of rotatable bonds is 3. The van der Waals surface area contributed by atoms with E-state index in [1.165, 1.54) is 30.4 Å². The standard InChI is InChI=1S/C12H12F3NO4/c1-6-7(4-3-5-8(6)17)9(18)16-11(2,10(19)20)12(13,14)15/h3-5,17H,1-2H3,(H,16,18)(H,19,20). The molecule has 8 heteroatoms. The van der Waals surface area contributed by atoms with Gasteiger partial charge in [-0.05, 0) is 26.0 Å². The molecule has 1 rings (SSSR count). The SMILES string of the molecule is Cc1c(O)cccc1C(=O)NC(C)(C(=O)O)C(F)(F)F. The predicted molar refractivity (Wildman–Crippen MR) is 62.4 cm³/mol. The summed E-state index contributed by atoms with van der Waals surface area (Å²) >= 11 is 0. The molecular formula is C12H12F3NO4. The van der Waals surface area contributed by atoms with Crippen molar-refractivity contribution in [3.8, 4) is 5.75 Å². The molecule has 1 aromatic carbocycles. The Labute approximate surface area is 112 Å². The van der Waals surface area contributed by atoms with Crippen LogP contribution in [0.1, 0.15) is 22.8 Å². The lowest BCUT2D eigenvalue weighted by molar-refractivity contribution is -0.203.